The van der Waals surface area contributed by atoms with E-state index < -0.39 is 0 Å². The van der Waals surface area contributed by atoms with Crippen LogP contribution in [0.3, 0.4) is 0 Å². The van der Waals surface area contributed by atoms with Crippen LogP contribution in [0.15, 0.2) is 79.0 Å². The summed E-state index contributed by atoms with van der Waals surface area (Å²) in [5.41, 5.74) is 5.54. The molecule has 0 aliphatic heterocycles. The number of hydrogen-bond donors (Lipinski definition) is 0. The molecular formula is C34H33NSe. The summed E-state index contributed by atoms with van der Waals surface area (Å²) in [7, 11) is 0. The minimum absolute atomic E-state index is 0.0582. The first kappa shape index (κ1) is 23.5. The molecule has 0 unspecified atom stereocenters. The van der Waals surface area contributed by atoms with Gasteiger partial charge in [0.25, 0.3) is 0 Å². The standard InChI is InChI=1S/C34H33NSe/c1-33(2,3)20-21-11-13-26-23(17-21)12-14-27-28-15-16-35-30(32(28)36-31(26)27)24-18-22-9-7-8-10-25(22)29(19-24)34(4,5)6/h7-19H,20H2,1-6H3. The Morgan fingerprint density at radius 3 is 2.17 bits per heavy atom. The van der Waals surface area contributed by atoms with Crippen LogP contribution < -0.4 is 0 Å². The maximum absolute atomic E-state index is 4.98. The Morgan fingerprint density at radius 1 is 0.667 bits per heavy atom. The Morgan fingerprint density at radius 2 is 1.39 bits per heavy atom. The second kappa shape index (κ2) is 8.30. The number of aromatic nitrogens is 1. The van der Waals surface area contributed by atoms with Crippen LogP contribution in [0.2, 0.25) is 0 Å². The molecule has 0 saturated heterocycles. The summed E-state index contributed by atoms with van der Waals surface area (Å²) >= 11 is 0.215. The zero-order valence-electron chi connectivity index (χ0n) is 22.1. The molecule has 4 aromatic carbocycles. The molecule has 0 spiro atoms. The summed E-state index contributed by atoms with van der Waals surface area (Å²) in [5, 5.41) is 8.15. The Bertz CT molecular complexity index is 1770. The van der Waals surface area contributed by atoms with Crippen molar-refractivity contribution in [3.8, 4) is 11.3 Å². The van der Waals surface area contributed by atoms with E-state index in [1.807, 2.05) is 6.20 Å². The topological polar surface area (TPSA) is 12.9 Å². The number of nitrogens with zero attached hydrogens (tertiary/aromatic N) is 1. The van der Waals surface area contributed by atoms with Crippen molar-refractivity contribution in [3.05, 3.63) is 90.1 Å². The van der Waals surface area contributed by atoms with Crippen LogP contribution in [0, 0.1) is 5.41 Å². The molecule has 0 aliphatic rings. The van der Waals surface area contributed by atoms with Gasteiger partial charge in [-0.15, -0.1) is 0 Å². The second-order valence-corrected chi connectivity index (χ2v) is 14.5. The van der Waals surface area contributed by atoms with Crippen LogP contribution in [0.1, 0.15) is 52.7 Å². The van der Waals surface area contributed by atoms with Gasteiger partial charge >= 0.3 is 220 Å². The van der Waals surface area contributed by atoms with Crippen molar-refractivity contribution in [3.63, 3.8) is 0 Å². The Kier molecular flexibility index (Phi) is 5.41. The molecule has 6 rings (SSSR count). The summed E-state index contributed by atoms with van der Waals surface area (Å²) in [4.78, 5) is 4.98. The van der Waals surface area contributed by atoms with Crippen molar-refractivity contribution in [2.24, 2.45) is 5.41 Å². The van der Waals surface area contributed by atoms with Crippen molar-refractivity contribution in [2.45, 2.75) is 53.4 Å². The first-order valence-electron chi connectivity index (χ1n) is 12.8. The van der Waals surface area contributed by atoms with Crippen LogP contribution >= 0.6 is 0 Å². The van der Waals surface area contributed by atoms with Gasteiger partial charge in [0.15, 0.2) is 0 Å². The van der Waals surface area contributed by atoms with E-state index in [9.17, 15) is 0 Å². The van der Waals surface area contributed by atoms with E-state index in [4.69, 9.17) is 4.98 Å². The van der Waals surface area contributed by atoms with Gasteiger partial charge in [0.1, 0.15) is 0 Å². The number of hydrogen-bond acceptors (Lipinski definition) is 1. The van der Waals surface area contributed by atoms with E-state index in [1.165, 1.54) is 57.5 Å². The number of pyridine rings is 1. The molecule has 0 radical (unpaired) electrons. The van der Waals surface area contributed by atoms with Gasteiger partial charge in [0.2, 0.25) is 0 Å². The van der Waals surface area contributed by atoms with Crippen LogP contribution in [-0.4, -0.2) is 19.5 Å². The maximum atomic E-state index is 4.98. The van der Waals surface area contributed by atoms with Gasteiger partial charge in [-0.1, -0.05) is 0 Å². The van der Waals surface area contributed by atoms with Gasteiger partial charge in [0, 0.05) is 0 Å². The quantitative estimate of drug-likeness (QED) is 0.202. The summed E-state index contributed by atoms with van der Waals surface area (Å²) in [6.45, 7) is 13.9. The summed E-state index contributed by atoms with van der Waals surface area (Å²) in [5.74, 6) is 0. The predicted octanol–water partition coefficient (Wildman–Crippen LogP) is 9.30. The fourth-order valence-corrected chi connectivity index (χ4v) is 8.35. The van der Waals surface area contributed by atoms with Gasteiger partial charge in [0.05, 0.1) is 0 Å². The second-order valence-electron chi connectivity index (χ2n) is 12.4. The number of fused-ring (bicyclic) bond motifs is 6. The third-order valence-electron chi connectivity index (χ3n) is 7.11. The van der Waals surface area contributed by atoms with Crippen molar-refractivity contribution in [1.29, 1.82) is 0 Å². The zero-order valence-corrected chi connectivity index (χ0v) is 23.8. The average Bonchev–Trinajstić information content (AvgIpc) is 3.20. The van der Waals surface area contributed by atoms with Gasteiger partial charge in [-0.2, -0.15) is 0 Å². The molecule has 0 bridgehead atoms. The van der Waals surface area contributed by atoms with Gasteiger partial charge in [-0.25, -0.2) is 0 Å². The molecule has 180 valence electrons. The van der Waals surface area contributed by atoms with E-state index >= 15 is 0 Å². The Labute approximate surface area is 219 Å². The van der Waals surface area contributed by atoms with Gasteiger partial charge < -0.3 is 0 Å². The molecule has 2 heteroatoms. The normalized spacial score (nSPS) is 12.8. The monoisotopic (exact) mass is 535 g/mol. The molecule has 36 heavy (non-hydrogen) atoms. The molecule has 0 N–H and O–H groups in total. The fraction of sp³-hybridized carbons (Fsp3) is 0.265. The van der Waals surface area contributed by atoms with Gasteiger partial charge in [-0.3, -0.25) is 0 Å². The van der Waals surface area contributed by atoms with E-state index in [2.05, 4.69) is 114 Å². The van der Waals surface area contributed by atoms with Crippen molar-refractivity contribution >= 4 is 55.3 Å². The molecular weight excluding hydrogens is 501 g/mol. The third-order valence-corrected chi connectivity index (χ3v) is 9.76. The molecule has 2 aromatic heterocycles. The Balaban J connectivity index is 1.59. The molecule has 0 fully saturated rings. The first-order valence-corrected chi connectivity index (χ1v) is 14.6. The molecule has 0 aliphatic carbocycles. The molecule has 0 atom stereocenters. The first-order chi connectivity index (χ1) is 17.1. The number of rotatable bonds is 2. The average molecular weight is 535 g/mol. The minimum atomic E-state index is 0.0582. The zero-order chi connectivity index (χ0) is 25.2. The molecule has 1 nitrogen and oxygen atoms in total. The van der Waals surface area contributed by atoms with Crippen molar-refractivity contribution < 1.29 is 0 Å². The van der Waals surface area contributed by atoms with Crippen molar-refractivity contribution in [1.82, 2.24) is 4.98 Å². The fourth-order valence-electron chi connectivity index (χ4n) is 5.53. The third kappa shape index (κ3) is 4.07. The van der Waals surface area contributed by atoms with Crippen LogP contribution in [0.5, 0.6) is 0 Å². The van der Waals surface area contributed by atoms with E-state index in [0.29, 0.717) is 0 Å². The SMILES string of the molecule is CC(C)(C)Cc1ccc2c(ccc3c4ccnc(-c5cc(C(C)(C)C)c6ccccc6c5)c4[se]c23)c1. The molecule has 6 aromatic rings. The summed E-state index contributed by atoms with van der Waals surface area (Å²) in [6.07, 6.45) is 3.10. The Hall–Kier alpha value is -2.93. The van der Waals surface area contributed by atoms with Crippen LogP contribution in [0.25, 0.3) is 52.1 Å². The van der Waals surface area contributed by atoms with E-state index in [1.54, 1.807) is 0 Å². The predicted molar refractivity (Wildman–Crippen MR) is 158 cm³/mol. The van der Waals surface area contributed by atoms with Gasteiger partial charge in [-0.05, 0) is 0 Å². The molecule has 0 amide bonds. The summed E-state index contributed by atoms with van der Waals surface area (Å²) in [6, 6.07) is 27.5. The van der Waals surface area contributed by atoms with E-state index in [0.717, 1.165) is 12.1 Å². The number of benzene rings is 4. The molecule has 2 heterocycles. The van der Waals surface area contributed by atoms with Crippen LogP contribution in [0.4, 0.5) is 0 Å². The molecule has 0 saturated carbocycles. The summed E-state index contributed by atoms with van der Waals surface area (Å²) < 4.78 is 2.92. The van der Waals surface area contributed by atoms with E-state index in [-0.39, 0.29) is 25.3 Å². The van der Waals surface area contributed by atoms with Crippen LogP contribution in [-0.2, 0) is 11.8 Å². The van der Waals surface area contributed by atoms with Crippen molar-refractivity contribution in [2.75, 3.05) is 0 Å².